The fraction of sp³-hybridized carbons (Fsp3) is 0.143. The highest BCUT2D eigenvalue weighted by Gasteiger charge is 2.07. The van der Waals surface area contributed by atoms with Crippen LogP contribution >= 0.6 is 15.9 Å². The number of benzene rings is 1. The van der Waals surface area contributed by atoms with Crippen molar-refractivity contribution in [2.75, 3.05) is 5.32 Å². The number of carbonyl (C=O) groups excluding carboxylic acids is 1. The maximum absolute atomic E-state index is 11.9. The monoisotopic (exact) mass is 304 g/mol. The van der Waals surface area contributed by atoms with Crippen LogP contribution in [0.2, 0.25) is 0 Å². The molecule has 0 aliphatic carbocycles. The SMILES string of the molecule is Cc1ccc(Br)c(NC(=O)Cc2ccccn2)c1. The molecule has 1 aromatic carbocycles. The van der Waals surface area contributed by atoms with Gasteiger partial charge in [-0.2, -0.15) is 0 Å². The number of nitrogens with one attached hydrogen (secondary N) is 1. The molecule has 1 aromatic heterocycles. The molecule has 1 amide bonds. The van der Waals surface area contributed by atoms with Crippen LogP contribution in [0.3, 0.4) is 0 Å². The quantitative estimate of drug-likeness (QED) is 0.945. The maximum atomic E-state index is 11.9. The Bertz CT molecular complexity index is 555. The molecule has 0 radical (unpaired) electrons. The second-order valence-electron chi connectivity index (χ2n) is 4.03. The van der Waals surface area contributed by atoms with Gasteiger partial charge in [-0.25, -0.2) is 0 Å². The number of hydrogen-bond donors (Lipinski definition) is 1. The van der Waals surface area contributed by atoms with Gasteiger partial charge in [0.05, 0.1) is 12.1 Å². The first kappa shape index (κ1) is 12.8. The molecule has 0 saturated heterocycles. The maximum Gasteiger partial charge on any atom is 0.230 e. The Morgan fingerprint density at radius 2 is 2.17 bits per heavy atom. The lowest BCUT2D eigenvalue weighted by molar-refractivity contribution is -0.115. The topological polar surface area (TPSA) is 42.0 Å². The first-order valence-corrected chi connectivity index (χ1v) is 6.40. The minimum absolute atomic E-state index is 0.0694. The van der Waals surface area contributed by atoms with Crippen molar-refractivity contribution in [1.82, 2.24) is 4.98 Å². The third-order valence-electron chi connectivity index (χ3n) is 2.46. The number of hydrogen-bond acceptors (Lipinski definition) is 2. The molecule has 4 heteroatoms. The molecule has 0 atom stereocenters. The summed E-state index contributed by atoms with van der Waals surface area (Å²) in [5, 5.41) is 2.87. The minimum atomic E-state index is -0.0694. The van der Waals surface area contributed by atoms with E-state index in [1.165, 1.54) is 0 Å². The highest BCUT2D eigenvalue weighted by atomic mass is 79.9. The Kier molecular flexibility index (Phi) is 4.10. The summed E-state index contributed by atoms with van der Waals surface area (Å²) in [5.41, 5.74) is 2.65. The largest absolute Gasteiger partial charge is 0.325 e. The van der Waals surface area contributed by atoms with Gasteiger partial charge < -0.3 is 5.32 Å². The van der Waals surface area contributed by atoms with E-state index in [2.05, 4.69) is 26.2 Å². The molecule has 2 aromatic rings. The van der Waals surface area contributed by atoms with Crippen LogP contribution in [0.1, 0.15) is 11.3 Å². The zero-order valence-electron chi connectivity index (χ0n) is 9.98. The van der Waals surface area contributed by atoms with Crippen molar-refractivity contribution in [3.05, 3.63) is 58.3 Å². The van der Waals surface area contributed by atoms with Gasteiger partial charge in [0.2, 0.25) is 5.91 Å². The van der Waals surface area contributed by atoms with Gasteiger partial charge in [-0.1, -0.05) is 12.1 Å². The number of rotatable bonds is 3. The van der Waals surface area contributed by atoms with E-state index in [1.54, 1.807) is 6.20 Å². The number of aryl methyl sites for hydroxylation is 1. The predicted octanol–water partition coefficient (Wildman–Crippen LogP) is 3.33. The summed E-state index contributed by atoms with van der Waals surface area (Å²) in [5.74, 6) is -0.0694. The highest BCUT2D eigenvalue weighted by molar-refractivity contribution is 9.10. The number of amides is 1. The molecular weight excluding hydrogens is 292 g/mol. The number of carbonyl (C=O) groups is 1. The molecule has 0 saturated carbocycles. The Hall–Kier alpha value is -1.68. The van der Waals surface area contributed by atoms with Crippen molar-refractivity contribution in [2.24, 2.45) is 0 Å². The van der Waals surface area contributed by atoms with E-state index in [9.17, 15) is 4.79 Å². The molecule has 0 fully saturated rings. The van der Waals surface area contributed by atoms with Crippen molar-refractivity contribution >= 4 is 27.5 Å². The third kappa shape index (κ3) is 3.40. The average molecular weight is 305 g/mol. The van der Waals surface area contributed by atoms with Crippen LogP contribution in [0.5, 0.6) is 0 Å². The minimum Gasteiger partial charge on any atom is -0.325 e. The van der Waals surface area contributed by atoms with Crippen LogP contribution in [0, 0.1) is 6.92 Å². The summed E-state index contributed by atoms with van der Waals surface area (Å²) in [7, 11) is 0. The zero-order valence-corrected chi connectivity index (χ0v) is 11.6. The second-order valence-corrected chi connectivity index (χ2v) is 4.88. The van der Waals surface area contributed by atoms with Crippen LogP contribution in [-0.4, -0.2) is 10.9 Å². The van der Waals surface area contributed by atoms with Gasteiger partial charge in [0.1, 0.15) is 0 Å². The van der Waals surface area contributed by atoms with E-state index in [4.69, 9.17) is 0 Å². The van der Waals surface area contributed by atoms with E-state index in [1.807, 2.05) is 43.3 Å². The Balaban J connectivity index is 2.05. The summed E-state index contributed by atoms with van der Waals surface area (Å²) < 4.78 is 0.877. The van der Waals surface area contributed by atoms with Gasteiger partial charge in [-0.05, 0) is 52.7 Å². The second kappa shape index (κ2) is 5.78. The lowest BCUT2D eigenvalue weighted by Crippen LogP contribution is -2.15. The van der Waals surface area contributed by atoms with Gasteiger partial charge >= 0.3 is 0 Å². The molecule has 1 N–H and O–H groups in total. The molecule has 18 heavy (non-hydrogen) atoms. The van der Waals surface area contributed by atoms with Crippen LogP contribution in [0.25, 0.3) is 0 Å². The fourth-order valence-corrected chi connectivity index (χ4v) is 1.94. The van der Waals surface area contributed by atoms with Crippen LogP contribution in [-0.2, 0) is 11.2 Å². The van der Waals surface area contributed by atoms with Gasteiger partial charge in [-0.15, -0.1) is 0 Å². The number of halogens is 1. The summed E-state index contributed by atoms with van der Waals surface area (Å²) >= 11 is 3.41. The van der Waals surface area contributed by atoms with E-state index >= 15 is 0 Å². The molecule has 0 unspecified atom stereocenters. The summed E-state index contributed by atoms with van der Waals surface area (Å²) in [6, 6.07) is 11.4. The van der Waals surface area contributed by atoms with Gasteiger partial charge in [0, 0.05) is 16.4 Å². The third-order valence-corrected chi connectivity index (χ3v) is 3.16. The Labute approximate surface area is 114 Å². The fourth-order valence-electron chi connectivity index (χ4n) is 1.60. The summed E-state index contributed by atoms with van der Waals surface area (Å²) in [4.78, 5) is 16.0. The standard InChI is InChI=1S/C14H13BrN2O/c1-10-5-6-12(15)13(8-10)17-14(18)9-11-4-2-3-7-16-11/h2-8H,9H2,1H3,(H,17,18). The van der Waals surface area contributed by atoms with E-state index in [0.717, 1.165) is 21.4 Å². The number of pyridine rings is 1. The van der Waals surface area contributed by atoms with Crippen molar-refractivity contribution in [1.29, 1.82) is 0 Å². The molecule has 0 bridgehead atoms. The molecule has 0 aliphatic rings. The van der Waals surface area contributed by atoms with Crippen molar-refractivity contribution in [2.45, 2.75) is 13.3 Å². The van der Waals surface area contributed by atoms with E-state index in [0.29, 0.717) is 0 Å². The first-order chi connectivity index (χ1) is 8.65. The van der Waals surface area contributed by atoms with Crippen LogP contribution < -0.4 is 5.32 Å². The molecular formula is C14H13BrN2O. The smallest absolute Gasteiger partial charge is 0.230 e. The van der Waals surface area contributed by atoms with E-state index in [-0.39, 0.29) is 12.3 Å². The molecule has 0 spiro atoms. The van der Waals surface area contributed by atoms with E-state index < -0.39 is 0 Å². The Morgan fingerprint density at radius 1 is 1.33 bits per heavy atom. The molecule has 0 aliphatic heterocycles. The first-order valence-electron chi connectivity index (χ1n) is 5.61. The van der Waals surface area contributed by atoms with Crippen molar-refractivity contribution < 1.29 is 4.79 Å². The van der Waals surface area contributed by atoms with Gasteiger partial charge in [0.15, 0.2) is 0 Å². The number of anilines is 1. The molecule has 92 valence electrons. The average Bonchev–Trinajstić information content (AvgIpc) is 2.35. The predicted molar refractivity (Wildman–Crippen MR) is 75.4 cm³/mol. The molecule has 2 rings (SSSR count). The Morgan fingerprint density at radius 3 is 2.89 bits per heavy atom. The van der Waals surface area contributed by atoms with Crippen molar-refractivity contribution in [3.8, 4) is 0 Å². The van der Waals surface area contributed by atoms with Gasteiger partial charge in [-0.3, -0.25) is 9.78 Å². The molecule has 1 heterocycles. The van der Waals surface area contributed by atoms with Crippen LogP contribution in [0.15, 0.2) is 47.1 Å². The lowest BCUT2D eigenvalue weighted by atomic mass is 10.2. The molecule has 3 nitrogen and oxygen atoms in total. The zero-order chi connectivity index (χ0) is 13.0. The number of nitrogens with zero attached hydrogens (tertiary/aromatic N) is 1. The highest BCUT2D eigenvalue weighted by Crippen LogP contribution is 2.23. The summed E-state index contributed by atoms with van der Waals surface area (Å²) in [6.45, 7) is 1.99. The van der Waals surface area contributed by atoms with Crippen molar-refractivity contribution in [3.63, 3.8) is 0 Å². The summed E-state index contributed by atoms with van der Waals surface area (Å²) in [6.07, 6.45) is 1.96. The normalized spacial score (nSPS) is 10.1. The van der Waals surface area contributed by atoms with Gasteiger partial charge in [0.25, 0.3) is 0 Å². The van der Waals surface area contributed by atoms with Crippen LogP contribution in [0.4, 0.5) is 5.69 Å². The lowest BCUT2D eigenvalue weighted by Gasteiger charge is -2.08. The number of aromatic nitrogens is 1.